The molecule has 1 aromatic carbocycles. The lowest BCUT2D eigenvalue weighted by molar-refractivity contribution is -0.156. The minimum atomic E-state index is -4.06. The number of rotatable bonds is 13. The SMILES string of the molecule is C=C[C@@H]1C[C@]1(CC(=O)[C@@H]1CN(S(=O)(=O)c2ccc(C)cc2)CN1C(=O)[C@@H](CC(=O)OC1CCCC1)C(C)(C)C)C(=O)NCC1CC1. The van der Waals surface area contributed by atoms with Gasteiger partial charge in [-0.1, -0.05) is 44.5 Å². The van der Waals surface area contributed by atoms with E-state index in [4.69, 9.17) is 4.74 Å². The summed E-state index contributed by atoms with van der Waals surface area (Å²) in [7, 11) is -4.06. The molecule has 5 rings (SSSR count). The lowest BCUT2D eigenvalue weighted by Gasteiger charge is -2.34. The second-order valence-electron chi connectivity index (χ2n) is 14.9. The zero-order chi connectivity index (χ0) is 33.4. The highest BCUT2D eigenvalue weighted by atomic mass is 32.2. The number of aryl methyl sites for hydroxylation is 1. The van der Waals surface area contributed by atoms with Crippen molar-refractivity contribution in [2.75, 3.05) is 19.8 Å². The topological polar surface area (TPSA) is 130 Å². The summed E-state index contributed by atoms with van der Waals surface area (Å²) in [6, 6.07) is 5.32. The van der Waals surface area contributed by atoms with E-state index in [0.717, 1.165) is 48.4 Å². The molecule has 1 aliphatic heterocycles. The number of nitrogens with zero attached hydrogens (tertiary/aromatic N) is 2. The van der Waals surface area contributed by atoms with Gasteiger partial charge in [-0.3, -0.25) is 19.2 Å². The van der Waals surface area contributed by atoms with Gasteiger partial charge in [0.2, 0.25) is 21.8 Å². The summed E-state index contributed by atoms with van der Waals surface area (Å²) in [5.74, 6) is -2.07. The third kappa shape index (κ3) is 7.40. The molecule has 0 aromatic heterocycles. The standard InChI is InChI=1S/C35H49N3O7S/c1-6-25-18-35(25,33(42)36-20-24-13-14-24)19-30(39)29-21-37(46(43,44)27-15-11-23(2)12-16-27)22-38(29)32(41)28(34(3,4)5)17-31(40)45-26-9-7-8-10-26/h6,11-12,15-16,24-26,28-29H,1,7-10,13-14,17-22H2,2-5H3,(H,36,42)/t25-,28-,29+,35-/m1/s1. The third-order valence-corrected chi connectivity index (χ3v) is 12.1. The molecule has 2 amide bonds. The normalized spacial score (nSPS) is 26.0. The van der Waals surface area contributed by atoms with Gasteiger partial charge in [-0.05, 0) is 81.3 Å². The maximum absolute atomic E-state index is 14.4. The van der Waals surface area contributed by atoms with Crippen LogP contribution >= 0.6 is 0 Å². The highest BCUT2D eigenvalue weighted by Crippen LogP contribution is 2.56. The number of amides is 2. The number of hydrogen-bond donors (Lipinski definition) is 1. The number of sulfonamides is 1. The Morgan fingerprint density at radius 1 is 1.09 bits per heavy atom. The zero-order valence-corrected chi connectivity index (χ0v) is 28.4. The Kier molecular flexibility index (Phi) is 9.85. The zero-order valence-electron chi connectivity index (χ0n) is 27.6. The Morgan fingerprint density at radius 2 is 1.74 bits per heavy atom. The van der Waals surface area contributed by atoms with Crippen LogP contribution in [0, 0.1) is 35.5 Å². The van der Waals surface area contributed by atoms with Crippen molar-refractivity contribution < 1.29 is 32.3 Å². The summed E-state index contributed by atoms with van der Waals surface area (Å²) in [5, 5.41) is 3.01. The molecule has 4 aliphatic rings. The largest absolute Gasteiger partial charge is 0.462 e. The molecule has 1 saturated heterocycles. The summed E-state index contributed by atoms with van der Waals surface area (Å²) in [5.41, 5.74) is -0.744. The molecule has 1 heterocycles. The highest BCUT2D eigenvalue weighted by Gasteiger charge is 2.60. The number of ether oxygens (including phenoxy) is 1. The van der Waals surface area contributed by atoms with Crippen molar-refractivity contribution in [2.24, 2.45) is 28.6 Å². The van der Waals surface area contributed by atoms with Crippen molar-refractivity contribution in [3.05, 3.63) is 42.5 Å². The first-order valence-electron chi connectivity index (χ1n) is 16.7. The van der Waals surface area contributed by atoms with Gasteiger partial charge in [0.1, 0.15) is 12.1 Å². The van der Waals surface area contributed by atoms with Crippen LogP contribution in [0.3, 0.4) is 0 Å². The van der Waals surface area contributed by atoms with Gasteiger partial charge in [-0.15, -0.1) is 6.58 Å². The fourth-order valence-electron chi connectivity index (χ4n) is 6.87. The highest BCUT2D eigenvalue weighted by molar-refractivity contribution is 7.89. The summed E-state index contributed by atoms with van der Waals surface area (Å²) in [4.78, 5) is 56.4. The first-order chi connectivity index (χ1) is 21.7. The summed E-state index contributed by atoms with van der Waals surface area (Å²) in [6.07, 6.45) is 7.46. The first kappa shape index (κ1) is 34.3. The number of nitrogens with one attached hydrogen (secondary N) is 1. The van der Waals surface area contributed by atoms with Crippen LogP contribution in [0.5, 0.6) is 0 Å². The van der Waals surface area contributed by atoms with Gasteiger partial charge in [0.25, 0.3) is 0 Å². The Labute approximate surface area is 273 Å². The lowest BCUT2D eigenvalue weighted by Crippen LogP contribution is -2.49. The summed E-state index contributed by atoms with van der Waals surface area (Å²) in [6.45, 7) is 11.3. The quantitative estimate of drug-likeness (QED) is 0.247. The Bertz CT molecular complexity index is 1460. The fraction of sp³-hybridized carbons (Fsp3) is 0.657. The van der Waals surface area contributed by atoms with E-state index in [0.29, 0.717) is 18.9 Å². The molecule has 252 valence electrons. The second kappa shape index (κ2) is 13.2. The minimum absolute atomic E-state index is 0.0657. The monoisotopic (exact) mass is 655 g/mol. The average Bonchev–Trinajstić information content (AvgIpc) is 3.84. The van der Waals surface area contributed by atoms with Gasteiger partial charge < -0.3 is 15.0 Å². The van der Waals surface area contributed by atoms with Crippen molar-refractivity contribution in [2.45, 2.75) is 103 Å². The fourth-order valence-corrected chi connectivity index (χ4v) is 8.26. The van der Waals surface area contributed by atoms with Crippen LogP contribution in [0.25, 0.3) is 0 Å². The molecule has 46 heavy (non-hydrogen) atoms. The minimum Gasteiger partial charge on any atom is -0.462 e. The molecule has 3 saturated carbocycles. The van der Waals surface area contributed by atoms with Crippen LogP contribution in [0.4, 0.5) is 0 Å². The van der Waals surface area contributed by atoms with Crippen molar-refractivity contribution in [1.82, 2.24) is 14.5 Å². The molecule has 4 fully saturated rings. The van der Waals surface area contributed by atoms with E-state index < -0.39 is 44.7 Å². The molecular weight excluding hydrogens is 606 g/mol. The van der Waals surface area contributed by atoms with Crippen LogP contribution in [0.1, 0.15) is 84.1 Å². The van der Waals surface area contributed by atoms with Gasteiger partial charge in [-0.2, -0.15) is 4.31 Å². The molecule has 0 unspecified atom stereocenters. The third-order valence-electron chi connectivity index (χ3n) is 10.3. The van der Waals surface area contributed by atoms with Crippen LogP contribution in [0.15, 0.2) is 41.8 Å². The molecule has 1 N–H and O–H groups in total. The predicted octanol–water partition coefficient (Wildman–Crippen LogP) is 4.37. The molecule has 4 atom stereocenters. The lowest BCUT2D eigenvalue weighted by atomic mass is 9.77. The van der Waals surface area contributed by atoms with Crippen molar-refractivity contribution >= 4 is 33.6 Å². The van der Waals surface area contributed by atoms with Crippen molar-refractivity contribution in [3.8, 4) is 0 Å². The molecule has 0 bridgehead atoms. The second-order valence-corrected chi connectivity index (χ2v) is 16.9. The van der Waals surface area contributed by atoms with Gasteiger partial charge in [0, 0.05) is 19.5 Å². The van der Waals surface area contributed by atoms with E-state index >= 15 is 0 Å². The van der Waals surface area contributed by atoms with Crippen molar-refractivity contribution in [3.63, 3.8) is 0 Å². The first-order valence-corrected chi connectivity index (χ1v) is 18.1. The Hall–Kier alpha value is -3.05. The molecule has 0 radical (unpaired) electrons. The molecule has 11 heteroatoms. The summed E-state index contributed by atoms with van der Waals surface area (Å²) < 4.78 is 34.5. The number of Topliss-reactive ketones (excluding diaryl/α,β-unsaturated/α-hetero) is 1. The van der Waals surface area contributed by atoms with Gasteiger partial charge in [0.15, 0.2) is 5.78 Å². The number of ketones is 1. The molecule has 0 spiro atoms. The van der Waals surface area contributed by atoms with E-state index in [9.17, 15) is 27.6 Å². The Balaban J connectivity index is 1.41. The van der Waals surface area contributed by atoms with Crippen LogP contribution < -0.4 is 5.32 Å². The number of allylic oxidation sites excluding steroid dienone is 1. The molecule has 3 aliphatic carbocycles. The molecule has 10 nitrogen and oxygen atoms in total. The van der Waals surface area contributed by atoms with Crippen LogP contribution in [0.2, 0.25) is 0 Å². The van der Waals surface area contributed by atoms with Crippen molar-refractivity contribution in [1.29, 1.82) is 0 Å². The maximum Gasteiger partial charge on any atom is 0.306 e. The van der Waals surface area contributed by atoms with E-state index in [-0.39, 0.29) is 54.7 Å². The van der Waals surface area contributed by atoms with Gasteiger partial charge in [0.05, 0.1) is 29.3 Å². The predicted molar refractivity (Wildman–Crippen MR) is 173 cm³/mol. The van der Waals surface area contributed by atoms with E-state index in [1.165, 1.54) is 17.0 Å². The number of carbonyl (C=O) groups excluding carboxylic acids is 4. The van der Waals surface area contributed by atoms with E-state index in [2.05, 4.69) is 11.9 Å². The number of carbonyl (C=O) groups is 4. The van der Waals surface area contributed by atoms with Gasteiger partial charge in [-0.25, -0.2) is 8.42 Å². The molecule has 1 aromatic rings. The smallest absolute Gasteiger partial charge is 0.306 e. The average molecular weight is 656 g/mol. The van der Waals surface area contributed by atoms with Crippen LogP contribution in [-0.4, -0.2) is 73.1 Å². The van der Waals surface area contributed by atoms with E-state index in [1.54, 1.807) is 18.2 Å². The van der Waals surface area contributed by atoms with Gasteiger partial charge >= 0.3 is 5.97 Å². The molecular formula is C35H49N3O7S. The summed E-state index contributed by atoms with van der Waals surface area (Å²) >= 11 is 0. The van der Waals surface area contributed by atoms with Crippen LogP contribution in [-0.2, 0) is 33.9 Å². The maximum atomic E-state index is 14.4. The number of hydrogen-bond acceptors (Lipinski definition) is 7. The number of esters is 1. The van der Waals surface area contributed by atoms with E-state index in [1.807, 2.05) is 27.7 Å². The Morgan fingerprint density at radius 3 is 2.30 bits per heavy atom. The number of benzene rings is 1.